The van der Waals surface area contributed by atoms with Gasteiger partial charge in [0.25, 0.3) is 0 Å². The van der Waals surface area contributed by atoms with E-state index in [1.807, 2.05) is 0 Å². The van der Waals surface area contributed by atoms with Crippen LogP contribution in [0.4, 0.5) is 0 Å². The average molecular weight is 435 g/mol. The van der Waals surface area contributed by atoms with Crippen molar-refractivity contribution in [3.63, 3.8) is 0 Å². The Balaban J connectivity index is 1.51. The molecular formula is C31H46O. The summed E-state index contributed by atoms with van der Waals surface area (Å²) in [6, 6.07) is 13.7. The van der Waals surface area contributed by atoms with E-state index in [9.17, 15) is 0 Å². The summed E-state index contributed by atoms with van der Waals surface area (Å²) in [5.41, 5.74) is 6.82. The second-order valence-corrected chi connectivity index (χ2v) is 10.2. The molecule has 3 rings (SSSR count). The summed E-state index contributed by atoms with van der Waals surface area (Å²) in [6.07, 6.45) is 16.5. The fourth-order valence-corrected chi connectivity index (χ4v) is 5.32. The molecule has 1 fully saturated rings. The van der Waals surface area contributed by atoms with Gasteiger partial charge in [-0.1, -0.05) is 95.9 Å². The first kappa shape index (κ1) is 24.9. The quantitative estimate of drug-likeness (QED) is 0.302. The topological polar surface area (TPSA) is 9.23 Å². The fraction of sp³-hybridized carbons (Fsp3) is 0.613. The first-order chi connectivity index (χ1) is 15.6. The molecule has 0 aliphatic heterocycles. The van der Waals surface area contributed by atoms with Crippen LogP contribution < -0.4 is 4.74 Å². The van der Waals surface area contributed by atoms with E-state index in [1.165, 1.54) is 98.4 Å². The molecule has 1 saturated carbocycles. The minimum atomic E-state index is 0.811. The van der Waals surface area contributed by atoms with Crippen LogP contribution in [0.5, 0.6) is 5.75 Å². The Kier molecular flexibility index (Phi) is 10.2. The number of unbranched alkanes of at least 4 members (excludes halogenated alkanes) is 3. The first-order valence-corrected chi connectivity index (χ1v) is 13.4. The van der Waals surface area contributed by atoms with Gasteiger partial charge in [-0.25, -0.2) is 0 Å². The Morgan fingerprint density at radius 3 is 1.97 bits per heavy atom. The number of benzene rings is 2. The van der Waals surface area contributed by atoms with Crippen molar-refractivity contribution < 1.29 is 4.74 Å². The van der Waals surface area contributed by atoms with E-state index in [1.54, 1.807) is 0 Å². The van der Waals surface area contributed by atoms with Crippen molar-refractivity contribution in [2.75, 3.05) is 6.61 Å². The lowest BCUT2D eigenvalue weighted by Gasteiger charge is -2.28. The van der Waals surface area contributed by atoms with E-state index in [-0.39, 0.29) is 0 Å². The molecule has 1 heteroatoms. The molecule has 0 saturated heterocycles. The van der Waals surface area contributed by atoms with Crippen LogP contribution in [0.15, 0.2) is 36.4 Å². The summed E-state index contributed by atoms with van der Waals surface area (Å²) < 4.78 is 5.93. The Bertz CT molecular complexity index is 813. The summed E-state index contributed by atoms with van der Waals surface area (Å²) in [5.74, 6) is 2.99. The predicted octanol–water partition coefficient (Wildman–Crippen LogP) is 9.47. The highest BCUT2D eigenvalue weighted by Crippen LogP contribution is 2.35. The van der Waals surface area contributed by atoms with Crippen molar-refractivity contribution in [2.24, 2.45) is 11.8 Å². The Morgan fingerprint density at radius 2 is 1.34 bits per heavy atom. The molecule has 0 bridgehead atoms. The molecule has 1 aliphatic carbocycles. The van der Waals surface area contributed by atoms with Gasteiger partial charge in [0.05, 0.1) is 6.61 Å². The fourth-order valence-electron chi connectivity index (χ4n) is 5.32. The largest absolute Gasteiger partial charge is 0.493 e. The lowest BCUT2D eigenvalue weighted by atomic mass is 9.77. The molecule has 2 aromatic rings. The van der Waals surface area contributed by atoms with Crippen molar-refractivity contribution in [3.05, 3.63) is 53.1 Å². The van der Waals surface area contributed by atoms with Crippen LogP contribution in [0, 0.1) is 25.7 Å². The molecule has 2 aromatic carbocycles. The van der Waals surface area contributed by atoms with Gasteiger partial charge in [-0.15, -0.1) is 0 Å². The molecule has 0 aromatic heterocycles. The Morgan fingerprint density at radius 1 is 0.719 bits per heavy atom. The average Bonchev–Trinajstić information content (AvgIpc) is 2.80. The molecule has 32 heavy (non-hydrogen) atoms. The number of rotatable bonds is 12. The third-order valence-electron chi connectivity index (χ3n) is 7.61. The van der Waals surface area contributed by atoms with Gasteiger partial charge >= 0.3 is 0 Å². The predicted molar refractivity (Wildman–Crippen MR) is 140 cm³/mol. The zero-order valence-electron chi connectivity index (χ0n) is 21.2. The summed E-state index contributed by atoms with van der Waals surface area (Å²) in [7, 11) is 0. The van der Waals surface area contributed by atoms with Crippen molar-refractivity contribution in [1.82, 2.24) is 0 Å². The maximum atomic E-state index is 5.93. The molecule has 1 aliphatic rings. The molecule has 0 spiro atoms. The van der Waals surface area contributed by atoms with E-state index in [0.717, 1.165) is 30.6 Å². The minimum Gasteiger partial charge on any atom is -0.493 e. The van der Waals surface area contributed by atoms with Crippen molar-refractivity contribution >= 4 is 0 Å². The van der Waals surface area contributed by atoms with Crippen LogP contribution in [-0.2, 0) is 6.42 Å². The van der Waals surface area contributed by atoms with Crippen molar-refractivity contribution in [1.29, 1.82) is 0 Å². The van der Waals surface area contributed by atoms with Gasteiger partial charge in [0.15, 0.2) is 0 Å². The summed E-state index contributed by atoms with van der Waals surface area (Å²) >= 11 is 0. The highest BCUT2D eigenvalue weighted by molar-refractivity contribution is 5.67. The van der Waals surface area contributed by atoms with Gasteiger partial charge < -0.3 is 4.74 Å². The van der Waals surface area contributed by atoms with Crippen molar-refractivity contribution in [3.8, 4) is 16.9 Å². The van der Waals surface area contributed by atoms with Gasteiger partial charge in [0.1, 0.15) is 5.75 Å². The van der Waals surface area contributed by atoms with Crippen LogP contribution in [0.1, 0.15) is 101 Å². The molecule has 0 amide bonds. The second kappa shape index (κ2) is 13.1. The van der Waals surface area contributed by atoms with Gasteiger partial charge in [-0.3, -0.25) is 0 Å². The Hall–Kier alpha value is -1.76. The van der Waals surface area contributed by atoms with E-state index < -0.39 is 0 Å². The summed E-state index contributed by atoms with van der Waals surface area (Å²) in [5, 5.41) is 0. The smallest absolute Gasteiger partial charge is 0.122 e. The first-order valence-electron chi connectivity index (χ1n) is 13.4. The highest BCUT2D eigenvalue weighted by Gasteiger charge is 2.20. The van der Waals surface area contributed by atoms with Crippen LogP contribution in [0.2, 0.25) is 0 Å². The molecule has 0 unspecified atom stereocenters. The zero-order chi connectivity index (χ0) is 22.8. The van der Waals surface area contributed by atoms with Gasteiger partial charge in [0.2, 0.25) is 0 Å². The van der Waals surface area contributed by atoms with Gasteiger partial charge in [-0.2, -0.15) is 0 Å². The van der Waals surface area contributed by atoms with Gasteiger partial charge in [0, 0.05) is 0 Å². The molecular weight excluding hydrogens is 388 g/mol. The van der Waals surface area contributed by atoms with Crippen LogP contribution >= 0.6 is 0 Å². The third kappa shape index (κ3) is 7.39. The maximum absolute atomic E-state index is 5.93. The second-order valence-electron chi connectivity index (χ2n) is 10.2. The Labute approximate surface area is 198 Å². The normalized spacial score (nSPS) is 18.6. The number of ether oxygens (including phenoxy) is 1. The molecule has 0 heterocycles. The maximum Gasteiger partial charge on any atom is 0.122 e. The third-order valence-corrected chi connectivity index (χ3v) is 7.61. The van der Waals surface area contributed by atoms with Gasteiger partial charge in [-0.05, 0) is 84.9 Å². The number of aryl methyl sites for hydroxylation is 3. The number of hydrogen-bond donors (Lipinski definition) is 0. The SMILES string of the molecule is CCCCC[C@H]1CC[C@H](CCc2ccc(-c3ccc(OCCCC)c(C)c3)cc2C)CC1. The van der Waals surface area contributed by atoms with Crippen LogP contribution in [-0.4, -0.2) is 6.61 Å². The van der Waals surface area contributed by atoms with E-state index >= 15 is 0 Å². The standard InChI is InChI=1S/C31H46O/c1-5-7-9-10-26-11-13-27(14-12-26)15-16-28-17-18-29(22-24(28)3)30-19-20-31(25(4)23-30)32-21-8-6-2/h17-20,22-23,26-27H,5-16,21H2,1-4H3/t26-,27-. The number of hydrogen-bond acceptors (Lipinski definition) is 1. The molecule has 1 nitrogen and oxygen atoms in total. The summed E-state index contributed by atoms with van der Waals surface area (Å²) in [6.45, 7) is 9.77. The summed E-state index contributed by atoms with van der Waals surface area (Å²) in [4.78, 5) is 0. The highest BCUT2D eigenvalue weighted by atomic mass is 16.5. The van der Waals surface area contributed by atoms with Crippen LogP contribution in [0.3, 0.4) is 0 Å². The minimum absolute atomic E-state index is 0.811. The molecule has 0 radical (unpaired) electrons. The lowest BCUT2D eigenvalue weighted by Crippen LogP contribution is -2.15. The lowest BCUT2D eigenvalue weighted by molar-refractivity contribution is 0.249. The molecule has 176 valence electrons. The van der Waals surface area contributed by atoms with Crippen molar-refractivity contribution in [2.45, 2.75) is 105 Å². The zero-order valence-corrected chi connectivity index (χ0v) is 21.2. The van der Waals surface area contributed by atoms with Crippen LogP contribution in [0.25, 0.3) is 11.1 Å². The van der Waals surface area contributed by atoms with E-state index in [0.29, 0.717) is 0 Å². The van der Waals surface area contributed by atoms with E-state index in [4.69, 9.17) is 4.74 Å². The molecule has 0 N–H and O–H groups in total. The monoisotopic (exact) mass is 434 g/mol. The molecule has 0 atom stereocenters. The van der Waals surface area contributed by atoms with E-state index in [2.05, 4.69) is 64.1 Å².